The maximum atomic E-state index is 9.77. The molecule has 2 unspecified atom stereocenters. The molecule has 2 aliphatic rings. The lowest BCUT2D eigenvalue weighted by Crippen LogP contribution is -2.21. The summed E-state index contributed by atoms with van der Waals surface area (Å²) in [6.45, 7) is 8.60. The predicted octanol–water partition coefficient (Wildman–Crippen LogP) is 4.32. The van der Waals surface area contributed by atoms with Crippen molar-refractivity contribution in [3.8, 4) is 28.7 Å². The number of aromatic hydroxyl groups is 1. The van der Waals surface area contributed by atoms with Crippen LogP contribution in [-0.2, 0) is 12.8 Å². The van der Waals surface area contributed by atoms with Gasteiger partial charge in [0, 0.05) is 40.7 Å². The van der Waals surface area contributed by atoms with Gasteiger partial charge in [-0.15, -0.1) is 0 Å². The van der Waals surface area contributed by atoms with E-state index in [0.717, 1.165) is 57.9 Å². The van der Waals surface area contributed by atoms with Crippen molar-refractivity contribution in [1.29, 1.82) is 0 Å². The van der Waals surface area contributed by atoms with Crippen molar-refractivity contribution in [1.82, 2.24) is 0 Å². The number of fused-ring (bicyclic) bond motifs is 3. The summed E-state index contributed by atoms with van der Waals surface area (Å²) in [5.74, 6) is 3.53. The quantitative estimate of drug-likeness (QED) is 0.799. The monoisotopic (exact) mass is 382 g/mol. The molecule has 2 aromatic rings. The first-order chi connectivity index (χ1) is 13.4. The predicted molar refractivity (Wildman–Crippen MR) is 107 cm³/mol. The highest BCUT2D eigenvalue weighted by atomic mass is 16.5. The molecule has 28 heavy (non-hydrogen) atoms. The largest absolute Gasteiger partial charge is 0.508 e. The van der Waals surface area contributed by atoms with Gasteiger partial charge in [-0.25, -0.2) is 0 Å². The zero-order valence-electron chi connectivity index (χ0n) is 16.8. The molecule has 1 N–H and O–H groups in total. The van der Waals surface area contributed by atoms with E-state index in [1.165, 1.54) is 0 Å². The fourth-order valence-electron chi connectivity index (χ4n) is 4.30. The molecule has 2 aliphatic heterocycles. The average Bonchev–Trinajstić information content (AvgIpc) is 3.14. The molecule has 2 atom stereocenters. The van der Waals surface area contributed by atoms with Gasteiger partial charge in [0.1, 0.15) is 34.9 Å². The molecule has 0 saturated heterocycles. The lowest BCUT2D eigenvalue weighted by Gasteiger charge is -2.30. The van der Waals surface area contributed by atoms with Crippen LogP contribution in [-0.4, -0.2) is 32.0 Å². The van der Waals surface area contributed by atoms with Gasteiger partial charge >= 0.3 is 0 Å². The molecule has 148 valence electrons. The summed E-state index contributed by atoms with van der Waals surface area (Å²) < 4.78 is 23.7. The van der Waals surface area contributed by atoms with Crippen molar-refractivity contribution < 1.29 is 24.1 Å². The Morgan fingerprint density at radius 3 is 2.61 bits per heavy atom. The number of phenolic OH excluding ortho intramolecular Hbond substituents is 1. The molecule has 5 heteroatoms. The van der Waals surface area contributed by atoms with Crippen LogP contribution in [0.4, 0.5) is 0 Å². The molecule has 0 aliphatic carbocycles. The highest BCUT2D eigenvalue weighted by Gasteiger charge is 2.36. The van der Waals surface area contributed by atoms with Crippen molar-refractivity contribution in [2.45, 2.75) is 38.7 Å². The second-order valence-electron chi connectivity index (χ2n) is 7.57. The summed E-state index contributed by atoms with van der Waals surface area (Å²) in [6.07, 6.45) is 1.51. The average molecular weight is 382 g/mol. The van der Waals surface area contributed by atoms with Crippen LogP contribution in [0.15, 0.2) is 30.4 Å². The summed E-state index contributed by atoms with van der Waals surface area (Å²) in [5.41, 5.74) is 5.20. The van der Waals surface area contributed by atoms with E-state index in [4.69, 9.17) is 18.9 Å². The molecular weight excluding hydrogens is 356 g/mol. The van der Waals surface area contributed by atoms with Gasteiger partial charge in [0.25, 0.3) is 0 Å². The van der Waals surface area contributed by atoms with Crippen LogP contribution in [0, 0.1) is 6.92 Å². The zero-order chi connectivity index (χ0) is 20.0. The Balaban J connectivity index is 1.77. The second-order valence-corrected chi connectivity index (χ2v) is 7.57. The summed E-state index contributed by atoms with van der Waals surface area (Å²) in [6, 6.07) is 5.23. The van der Waals surface area contributed by atoms with E-state index in [2.05, 4.69) is 6.58 Å². The van der Waals surface area contributed by atoms with Gasteiger partial charge in [0.05, 0.1) is 20.8 Å². The van der Waals surface area contributed by atoms with Crippen LogP contribution in [0.3, 0.4) is 0 Å². The number of hydrogen-bond donors (Lipinski definition) is 1. The van der Waals surface area contributed by atoms with Crippen LogP contribution in [0.25, 0.3) is 0 Å². The minimum Gasteiger partial charge on any atom is -0.508 e. The minimum atomic E-state index is -0.0246. The maximum absolute atomic E-state index is 9.77. The van der Waals surface area contributed by atoms with Gasteiger partial charge in [-0.2, -0.15) is 0 Å². The van der Waals surface area contributed by atoms with Crippen LogP contribution in [0.5, 0.6) is 28.7 Å². The Morgan fingerprint density at radius 1 is 1.14 bits per heavy atom. The summed E-state index contributed by atoms with van der Waals surface area (Å²) >= 11 is 0. The van der Waals surface area contributed by atoms with Crippen LogP contribution in [0.1, 0.15) is 35.1 Å². The van der Waals surface area contributed by atoms with Crippen molar-refractivity contribution in [2.24, 2.45) is 0 Å². The molecular formula is C23H26O5. The normalized spacial score (nSPS) is 19.9. The van der Waals surface area contributed by atoms with Crippen molar-refractivity contribution >= 4 is 0 Å². The van der Waals surface area contributed by atoms with Crippen LogP contribution < -0.4 is 18.9 Å². The number of methoxy groups -OCH3 is 2. The van der Waals surface area contributed by atoms with E-state index in [9.17, 15) is 5.11 Å². The Morgan fingerprint density at radius 2 is 1.93 bits per heavy atom. The van der Waals surface area contributed by atoms with Gasteiger partial charge in [-0.3, -0.25) is 0 Å². The van der Waals surface area contributed by atoms with E-state index < -0.39 is 0 Å². The summed E-state index contributed by atoms with van der Waals surface area (Å²) in [7, 11) is 3.30. The van der Waals surface area contributed by atoms with Crippen molar-refractivity contribution in [3.63, 3.8) is 0 Å². The van der Waals surface area contributed by atoms with Gasteiger partial charge < -0.3 is 24.1 Å². The standard InChI is InChI=1S/C23H26O5/c1-12(2)19-10-18-22(28-19)13(3)21(26-5)17-8-14(11-27-23(17)18)16-7-6-15(24)9-20(16)25-4/h6-7,9,14,19,24H,1,8,10-11H2,2-5H3. The Kier molecular flexibility index (Phi) is 4.61. The van der Waals surface area contributed by atoms with E-state index in [1.807, 2.05) is 19.9 Å². The minimum absolute atomic E-state index is 0.0246. The van der Waals surface area contributed by atoms with Crippen molar-refractivity contribution in [2.75, 3.05) is 20.8 Å². The van der Waals surface area contributed by atoms with E-state index >= 15 is 0 Å². The highest BCUT2D eigenvalue weighted by molar-refractivity contribution is 5.65. The summed E-state index contributed by atoms with van der Waals surface area (Å²) in [4.78, 5) is 0. The molecule has 0 aromatic heterocycles. The fraction of sp³-hybridized carbons (Fsp3) is 0.391. The third-order valence-corrected chi connectivity index (χ3v) is 5.72. The third-order valence-electron chi connectivity index (χ3n) is 5.72. The Labute approximate surface area is 165 Å². The lowest BCUT2D eigenvalue weighted by molar-refractivity contribution is 0.251. The van der Waals surface area contributed by atoms with E-state index in [1.54, 1.807) is 26.4 Å². The smallest absolute Gasteiger partial charge is 0.133 e. The first-order valence-corrected chi connectivity index (χ1v) is 9.48. The number of ether oxygens (including phenoxy) is 4. The van der Waals surface area contributed by atoms with Gasteiger partial charge in [-0.05, 0) is 31.9 Å². The second kappa shape index (κ2) is 6.97. The molecule has 2 aromatic carbocycles. The Bertz CT molecular complexity index is 947. The first-order valence-electron chi connectivity index (χ1n) is 9.48. The molecule has 0 radical (unpaired) electrons. The Hall–Kier alpha value is -2.82. The molecule has 4 rings (SSSR count). The number of phenols is 1. The SMILES string of the molecule is C=C(C)C1Cc2c(c(C)c(OC)c3c2OCC(c2ccc(O)cc2OC)C3)O1. The first kappa shape index (κ1) is 18.5. The van der Waals surface area contributed by atoms with E-state index in [0.29, 0.717) is 12.4 Å². The maximum Gasteiger partial charge on any atom is 0.133 e. The number of hydrogen-bond acceptors (Lipinski definition) is 5. The summed E-state index contributed by atoms with van der Waals surface area (Å²) in [5, 5.41) is 9.77. The molecule has 0 spiro atoms. The number of benzene rings is 2. The zero-order valence-corrected chi connectivity index (χ0v) is 16.8. The molecule has 0 bridgehead atoms. The van der Waals surface area contributed by atoms with Gasteiger partial charge in [0.2, 0.25) is 0 Å². The van der Waals surface area contributed by atoms with Gasteiger partial charge in [0.15, 0.2) is 0 Å². The fourth-order valence-corrected chi connectivity index (χ4v) is 4.30. The molecule has 0 saturated carbocycles. The molecule has 2 heterocycles. The number of rotatable bonds is 4. The van der Waals surface area contributed by atoms with Crippen LogP contribution in [0.2, 0.25) is 0 Å². The lowest BCUT2D eigenvalue weighted by atomic mass is 9.86. The topological polar surface area (TPSA) is 57.2 Å². The molecule has 0 fully saturated rings. The van der Waals surface area contributed by atoms with Crippen molar-refractivity contribution in [3.05, 3.63) is 52.6 Å². The molecule has 0 amide bonds. The molecule has 5 nitrogen and oxygen atoms in total. The van der Waals surface area contributed by atoms with Crippen LogP contribution >= 0.6 is 0 Å². The van der Waals surface area contributed by atoms with E-state index in [-0.39, 0.29) is 17.8 Å². The van der Waals surface area contributed by atoms with Gasteiger partial charge in [-0.1, -0.05) is 12.6 Å². The highest BCUT2D eigenvalue weighted by Crippen LogP contribution is 2.51. The third kappa shape index (κ3) is 2.86.